The lowest BCUT2D eigenvalue weighted by molar-refractivity contribution is -0.137. The van der Waals surface area contributed by atoms with Crippen molar-refractivity contribution in [2.75, 3.05) is 4.72 Å². The van der Waals surface area contributed by atoms with Crippen molar-refractivity contribution in [2.24, 2.45) is 0 Å². The molecule has 0 bridgehead atoms. The Morgan fingerprint density at radius 3 is 2.46 bits per heavy atom. The number of anilines is 1. The molecule has 2 aromatic heterocycles. The van der Waals surface area contributed by atoms with Crippen LogP contribution in [-0.2, 0) is 6.18 Å². The van der Waals surface area contributed by atoms with Crippen molar-refractivity contribution < 1.29 is 22.0 Å². The van der Waals surface area contributed by atoms with Crippen molar-refractivity contribution in [1.29, 1.82) is 0 Å². The van der Waals surface area contributed by atoms with Gasteiger partial charge in [-0.3, -0.25) is 0 Å². The van der Waals surface area contributed by atoms with Crippen molar-refractivity contribution in [3.63, 3.8) is 0 Å². The highest BCUT2D eigenvalue weighted by Gasteiger charge is 2.35. The minimum Gasteiger partial charge on any atom is -0.309 e. The molecule has 0 saturated heterocycles. The number of pyridine rings is 2. The Morgan fingerprint density at radius 2 is 1.79 bits per heavy atom. The van der Waals surface area contributed by atoms with Gasteiger partial charge in [0.25, 0.3) is 0 Å². The third-order valence-electron chi connectivity index (χ3n) is 3.64. The zero-order chi connectivity index (χ0) is 20.3. The van der Waals surface area contributed by atoms with Crippen LogP contribution >= 0.6 is 11.9 Å². The van der Waals surface area contributed by atoms with Crippen LogP contribution in [0.3, 0.4) is 0 Å². The maximum atomic E-state index is 13.7. The molecule has 0 unspecified atom stereocenters. The quantitative estimate of drug-likeness (QED) is 0.309. The molecule has 0 aliphatic rings. The fraction of sp³-hybridized carbons (Fsp3) is 0.0526. The summed E-state index contributed by atoms with van der Waals surface area (Å²) in [7, 11) is 0. The number of nitrogens with zero attached hydrogens (tertiary/aromatic N) is 2. The lowest BCUT2D eigenvalue weighted by atomic mass is 9.99. The summed E-state index contributed by atoms with van der Waals surface area (Å²) < 4.78 is 69.9. The molecule has 0 amide bonds. The van der Waals surface area contributed by atoms with E-state index in [4.69, 9.17) is 0 Å². The van der Waals surface area contributed by atoms with Gasteiger partial charge in [0, 0.05) is 17.5 Å². The van der Waals surface area contributed by atoms with Crippen LogP contribution < -0.4 is 4.72 Å². The van der Waals surface area contributed by atoms with Crippen molar-refractivity contribution in [1.82, 2.24) is 9.97 Å². The van der Waals surface area contributed by atoms with Gasteiger partial charge in [-0.1, -0.05) is 24.8 Å². The van der Waals surface area contributed by atoms with Crippen molar-refractivity contribution in [2.45, 2.75) is 11.2 Å². The van der Waals surface area contributed by atoms with Crippen molar-refractivity contribution in [3.8, 4) is 11.3 Å². The van der Waals surface area contributed by atoms with Gasteiger partial charge in [0.1, 0.15) is 16.7 Å². The van der Waals surface area contributed by atoms with Crippen LogP contribution in [-0.4, -0.2) is 9.97 Å². The minimum atomic E-state index is -4.69. The summed E-state index contributed by atoms with van der Waals surface area (Å²) in [6.45, 7) is 3.55. The molecule has 0 aliphatic carbocycles. The predicted octanol–water partition coefficient (Wildman–Crippen LogP) is 6.20. The van der Waals surface area contributed by atoms with Gasteiger partial charge in [-0.15, -0.1) is 0 Å². The summed E-state index contributed by atoms with van der Waals surface area (Å²) in [4.78, 5) is 7.64. The van der Waals surface area contributed by atoms with Crippen LogP contribution in [0.25, 0.3) is 17.3 Å². The lowest BCUT2D eigenvalue weighted by Crippen LogP contribution is -2.10. The lowest BCUT2D eigenvalue weighted by Gasteiger charge is -2.15. The van der Waals surface area contributed by atoms with Gasteiger partial charge in [0.05, 0.1) is 11.3 Å². The summed E-state index contributed by atoms with van der Waals surface area (Å²) in [5, 5.41) is 0.265. The Balaban J connectivity index is 2.03. The van der Waals surface area contributed by atoms with E-state index in [-0.39, 0.29) is 16.4 Å². The number of hydrogen-bond donors (Lipinski definition) is 1. The van der Waals surface area contributed by atoms with Gasteiger partial charge in [-0.25, -0.2) is 14.4 Å². The zero-order valence-electron chi connectivity index (χ0n) is 14.1. The van der Waals surface area contributed by atoms with E-state index in [0.717, 1.165) is 36.2 Å². The van der Waals surface area contributed by atoms with E-state index >= 15 is 0 Å². The van der Waals surface area contributed by atoms with Gasteiger partial charge >= 0.3 is 6.18 Å². The van der Waals surface area contributed by atoms with E-state index in [1.165, 1.54) is 30.3 Å². The Bertz CT molecular complexity index is 1020. The van der Waals surface area contributed by atoms with E-state index in [0.29, 0.717) is 5.56 Å². The number of rotatable bonds is 5. The molecule has 0 fully saturated rings. The molecular weight excluding hydrogens is 397 g/mol. The number of benzene rings is 1. The molecule has 0 saturated carbocycles. The summed E-state index contributed by atoms with van der Waals surface area (Å²) in [6.07, 6.45) is -3.37. The standard InChI is InChI=1S/C19H12F5N3S/c1-2-11-6-7-12(20)10-13(11)18-14(19(22,23)24)8-9-16(26-18)27-28-17-5-3-4-15(21)25-17/h2-10H,1H2,(H,26,27). The summed E-state index contributed by atoms with van der Waals surface area (Å²) in [6, 6.07) is 9.54. The Morgan fingerprint density at radius 1 is 1.00 bits per heavy atom. The maximum absolute atomic E-state index is 13.7. The number of halogens is 5. The molecule has 28 heavy (non-hydrogen) atoms. The average molecular weight is 409 g/mol. The van der Waals surface area contributed by atoms with E-state index in [9.17, 15) is 22.0 Å². The summed E-state index contributed by atoms with van der Waals surface area (Å²) >= 11 is 0.879. The molecule has 9 heteroatoms. The third kappa shape index (κ3) is 4.48. The summed E-state index contributed by atoms with van der Waals surface area (Å²) in [5.74, 6) is -1.33. The van der Waals surface area contributed by atoms with E-state index in [2.05, 4.69) is 21.3 Å². The van der Waals surface area contributed by atoms with E-state index < -0.39 is 29.2 Å². The van der Waals surface area contributed by atoms with Crippen LogP contribution in [0.4, 0.5) is 27.8 Å². The van der Waals surface area contributed by atoms with Crippen LogP contribution in [0, 0.1) is 11.8 Å². The summed E-state index contributed by atoms with van der Waals surface area (Å²) in [5.41, 5.74) is -1.20. The third-order valence-corrected chi connectivity index (χ3v) is 4.39. The first-order valence-corrected chi connectivity index (χ1v) is 8.65. The molecule has 3 aromatic rings. The molecule has 1 aromatic carbocycles. The smallest absolute Gasteiger partial charge is 0.309 e. The molecule has 0 spiro atoms. The topological polar surface area (TPSA) is 37.8 Å². The molecular formula is C19H12F5N3S. The second-order valence-corrected chi connectivity index (χ2v) is 6.36. The zero-order valence-corrected chi connectivity index (χ0v) is 14.9. The van der Waals surface area contributed by atoms with Gasteiger partial charge in [-0.2, -0.15) is 17.6 Å². The SMILES string of the molecule is C=Cc1ccc(F)cc1-c1nc(NSc2cccc(F)n2)ccc1C(F)(F)F. The molecule has 3 rings (SSSR count). The highest BCUT2D eigenvalue weighted by atomic mass is 32.2. The van der Waals surface area contributed by atoms with Crippen LogP contribution in [0.5, 0.6) is 0 Å². The molecule has 0 atom stereocenters. The van der Waals surface area contributed by atoms with Gasteiger partial charge in [-0.05, 0) is 42.0 Å². The van der Waals surface area contributed by atoms with Crippen LogP contribution in [0.1, 0.15) is 11.1 Å². The van der Waals surface area contributed by atoms with E-state index in [1.807, 2.05) is 0 Å². The van der Waals surface area contributed by atoms with E-state index in [1.54, 1.807) is 0 Å². The monoisotopic (exact) mass is 409 g/mol. The predicted molar refractivity (Wildman–Crippen MR) is 98.4 cm³/mol. The first-order chi connectivity index (χ1) is 13.3. The Kier molecular flexibility index (Phi) is 5.64. The van der Waals surface area contributed by atoms with Crippen molar-refractivity contribution in [3.05, 3.63) is 78.0 Å². The minimum absolute atomic E-state index is 0.0418. The van der Waals surface area contributed by atoms with Gasteiger partial charge in [0.2, 0.25) is 5.95 Å². The van der Waals surface area contributed by atoms with Crippen LogP contribution in [0.15, 0.2) is 60.1 Å². The number of aromatic nitrogens is 2. The average Bonchev–Trinajstić information content (AvgIpc) is 2.65. The Hall–Kier alpha value is -2.94. The molecule has 1 N–H and O–H groups in total. The van der Waals surface area contributed by atoms with Gasteiger partial charge in [0.15, 0.2) is 0 Å². The fourth-order valence-corrected chi connectivity index (χ4v) is 3.01. The number of hydrogen-bond acceptors (Lipinski definition) is 4. The molecule has 2 heterocycles. The number of alkyl halides is 3. The molecule has 0 radical (unpaired) electrons. The molecule has 3 nitrogen and oxygen atoms in total. The first kappa shape index (κ1) is 19.8. The fourth-order valence-electron chi connectivity index (χ4n) is 2.41. The highest BCUT2D eigenvalue weighted by Crippen LogP contribution is 2.38. The maximum Gasteiger partial charge on any atom is 0.418 e. The Labute approximate surface area is 161 Å². The first-order valence-electron chi connectivity index (χ1n) is 7.84. The number of nitrogens with one attached hydrogen (secondary N) is 1. The highest BCUT2D eigenvalue weighted by molar-refractivity contribution is 8.00. The van der Waals surface area contributed by atoms with Gasteiger partial charge < -0.3 is 4.72 Å². The molecule has 144 valence electrons. The second kappa shape index (κ2) is 7.97. The van der Waals surface area contributed by atoms with Crippen LogP contribution in [0.2, 0.25) is 0 Å². The largest absolute Gasteiger partial charge is 0.418 e. The van der Waals surface area contributed by atoms with Crippen molar-refractivity contribution >= 4 is 23.8 Å². The normalized spacial score (nSPS) is 11.3. The molecule has 0 aliphatic heterocycles. The second-order valence-electron chi connectivity index (χ2n) is 5.53.